The van der Waals surface area contributed by atoms with Crippen molar-refractivity contribution in [2.24, 2.45) is 0 Å². The number of rotatable bonds is 10. The summed E-state index contributed by atoms with van der Waals surface area (Å²) in [6, 6.07) is 22.2. The monoisotopic (exact) mass is 478 g/mol. The van der Waals surface area contributed by atoms with E-state index in [2.05, 4.69) is 5.32 Å². The molecule has 3 aromatic carbocycles. The molecule has 0 aliphatic heterocycles. The van der Waals surface area contributed by atoms with Gasteiger partial charge >= 0.3 is 0 Å². The standard InChI is InChI=1S/C28H31ClN2O3/c1-4-30-28(33)25(17-22-8-6-5-7-9-22)31(18-23-12-14-24(29)15-13-23)27(32)19-34-26-16-20(2)10-11-21(26)3/h5-16,25H,4,17-19H2,1-3H3,(H,30,33)/t25-/m0/s1. The molecule has 6 heteroatoms. The quantitative estimate of drug-likeness (QED) is 0.440. The number of hydrogen-bond acceptors (Lipinski definition) is 3. The van der Waals surface area contributed by atoms with E-state index < -0.39 is 6.04 Å². The van der Waals surface area contributed by atoms with Crippen LogP contribution in [-0.2, 0) is 22.6 Å². The molecule has 0 radical (unpaired) electrons. The molecule has 34 heavy (non-hydrogen) atoms. The van der Waals surface area contributed by atoms with Crippen LogP contribution < -0.4 is 10.1 Å². The minimum absolute atomic E-state index is 0.164. The average Bonchev–Trinajstić information content (AvgIpc) is 2.83. The highest BCUT2D eigenvalue weighted by molar-refractivity contribution is 6.30. The fourth-order valence-electron chi connectivity index (χ4n) is 3.72. The number of likely N-dealkylation sites (N-methyl/N-ethyl adjacent to an activating group) is 1. The Bertz CT molecular complexity index is 1100. The lowest BCUT2D eigenvalue weighted by atomic mass is 10.0. The molecule has 0 heterocycles. The number of carbonyl (C=O) groups excluding carboxylic acids is 2. The smallest absolute Gasteiger partial charge is 0.261 e. The molecule has 1 N–H and O–H groups in total. The number of benzene rings is 3. The van der Waals surface area contributed by atoms with Crippen molar-refractivity contribution in [3.8, 4) is 5.75 Å². The lowest BCUT2D eigenvalue weighted by Crippen LogP contribution is -2.51. The summed E-state index contributed by atoms with van der Waals surface area (Å²) in [4.78, 5) is 28.3. The second-order valence-corrected chi connectivity index (χ2v) is 8.74. The molecule has 0 aliphatic rings. The summed E-state index contributed by atoms with van der Waals surface area (Å²) in [6.07, 6.45) is 0.398. The maximum absolute atomic E-state index is 13.5. The second kappa shape index (κ2) is 12.2. The van der Waals surface area contributed by atoms with E-state index in [1.165, 1.54) is 0 Å². The molecule has 0 spiro atoms. The lowest BCUT2D eigenvalue weighted by molar-refractivity contribution is -0.142. The molecule has 3 rings (SSSR count). The van der Waals surface area contributed by atoms with Crippen molar-refractivity contribution in [3.63, 3.8) is 0 Å². The predicted molar refractivity (Wildman–Crippen MR) is 136 cm³/mol. The molecule has 0 saturated heterocycles. The van der Waals surface area contributed by atoms with E-state index in [1.54, 1.807) is 17.0 Å². The Morgan fingerprint density at radius 3 is 2.35 bits per heavy atom. The summed E-state index contributed by atoms with van der Waals surface area (Å²) >= 11 is 6.05. The fraction of sp³-hybridized carbons (Fsp3) is 0.286. The van der Waals surface area contributed by atoms with Gasteiger partial charge in [0.15, 0.2) is 6.61 Å². The molecule has 178 valence electrons. The third-order valence-electron chi connectivity index (χ3n) is 5.58. The van der Waals surface area contributed by atoms with E-state index in [1.807, 2.05) is 81.4 Å². The van der Waals surface area contributed by atoms with Gasteiger partial charge in [-0.2, -0.15) is 0 Å². The predicted octanol–water partition coefficient (Wildman–Crippen LogP) is 5.11. The van der Waals surface area contributed by atoms with Crippen LogP contribution in [0.2, 0.25) is 5.02 Å². The van der Waals surface area contributed by atoms with Gasteiger partial charge in [-0.05, 0) is 61.2 Å². The Hall–Kier alpha value is -3.31. The highest BCUT2D eigenvalue weighted by Crippen LogP contribution is 2.21. The van der Waals surface area contributed by atoms with E-state index in [0.717, 1.165) is 22.3 Å². The SMILES string of the molecule is CCNC(=O)[C@H](Cc1ccccc1)N(Cc1ccc(Cl)cc1)C(=O)COc1cc(C)ccc1C. The Morgan fingerprint density at radius 1 is 0.971 bits per heavy atom. The van der Waals surface area contributed by atoms with Crippen LogP contribution in [-0.4, -0.2) is 35.9 Å². The number of nitrogens with zero attached hydrogens (tertiary/aromatic N) is 1. The molecule has 5 nitrogen and oxygen atoms in total. The molecule has 0 saturated carbocycles. The highest BCUT2D eigenvalue weighted by Gasteiger charge is 2.30. The largest absolute Gasteiger partial charge is 0.483 e. The zero-order valence-corrected chi connectivity index (χ0v) is 20.6. The highest BCUT2D eigenvalue weighted by atomic mass is 35.5. The summed E-state index contributed by atoms with van der Waals surface area (Å²) in [5, 5.41) is 3.51. The van der Waals surface area contributed by atoms with Crippen molar-refractivity contribution in [2.45, 2.75) is 39.8 Å². The summed E-state index contributed by atoms with van der Waals surface area (Å²) in [5.74, 6) is 0.209. The molecule has 1 atom stereocenters. The van der Waals surface area contributed by atoms with Crippen LogP contribution in [0.5, 0.6) is 5.75 Å². The molecule has 0 bridgehead atoms. The maximum Gasteiger partial charge on any atom is 0.261 e. The zero-order valence-electron chi connectivity index (χ0n) is 19.9. The number of amides is 2. The Morgan fingerprint density at radius 2 is 1.68 bits per heavy atom. The molecule has 0 fully saturated rings. The van der Waals surface area contributed by atoms with Crippen LogP contribution in [0.25, 0.3) is 0 Å². The first-order chi connectivity index (χ1) is 16.4. The van der Waals surface area contributed by atoms with Gasteiger partial charge in [0.1, 0.15) is 11.8 Å². The number of ether oxygens (including phenoxy) is 1. The Labute approximate surface area is 206 Å². The Kier molecular flexibility index (Phi) is 9.11. The molecular weight excluding hydrogens is 448 g/mol. The van der Waals surface area contributed by atoms with Crippen LogP contribution in [0.4, 0.5) is 0 Å². The van der Waals surface area contributed by atoms with Gasteiger partial charge in [-0.3, -0.25) is 9.59 Å². The molecule has 2 amide bonds. The minimum Gasteiger partial charge on any atom is -0.483 e. The number of carbonyl (C=O) groups is 2. The maximum atomic E-state index is 13.5. The zero-order chi connectivity index (χ0) is 24.5. The van der Waals surface area contributed by atoms with Gasteiger partial charge in [0, 0.05) is 24.5 Å². The minimum atomic E-state index is -0.687. The Balaban J connectivity index is 1.90. The van der Waals surface area contributed by atoms with E-state index in [-0.39, 0.29) is 25.0 Å². The molecule has 0 aliphatic carbocycles. The van der Waals surface area contributed by atoms with Crippen LogP contribution >= 0.6 is 11.6 Å². The molecular formula is C28H31ClN2O3. The van der Waals surface area contributed by atoms with Gasteiger partial charge in [0.25, 0.3) is 5.91 Å². The number of nitrogens with one attached hydrogen (secondary N) is 1. The van der Waals surface area contributed by atoms with Crippen molar-refractivity contribution < 1.29 is 14.3 Å². The first-order valence-electron chi connectivity index (χ1n) is 11.4. The van der Waals surface area contributed by atoms with E-state index in [9.17, 15) is 9.59 Å². The summed E-state index contributed by atoms with van der Waals surface area (Å²) in [6.45, 7) is 6.37. The van der Waals surface area contributed by atoms with Gasteiger partial charge in [-0.15, -0.1) is 0 Å². The van der Waals surface area contributed by atoms with Crippen molar-refractivity contribution in [1.29, 1.82) is 0 Å². The molecule has 0 aromatic heterocycles. The first kappa shape index (κ1) is 25.3. The van der Waals surface area contributed by atoms with Crippen LogP contribution in [0.3, 0.4) is 0 Å². The first-order valence-corrected chi connectivity index (χ1v) is 11.8. The molecule has 0 unspecified atom stereocenters. The number of aryl methyl sites for hydroxylation is 2. The average molecular weight is 479 g/mol. The lowest BCUT2D eigenvalue weighted by Gasteiger charge is -2.31. The van der Waals surface area contributed by atoms with Gasteiger partial charge in [-0.1, -0.05) is 66.2 Å². The summed E-state index contributed by atoms with van der Waals surface area (Å²) < 4.78 is 5.91. The van der Waals surface area contributed by atoms with Crippen molar-refractivity contribution in [3.05, 3.63) is 100 Å². The van der Waals surface area contributed by atoms with Crippen LogP contribution in [0.15, 0.2) is 72.8 Å². The van der Waals surface area contributed by atoms with Crippen molar-refractivity contribution >= 4 is 23.4 Å². The topological polar surface area (TPSA) is 58.6 Å². The van der Waals surface area contributed by atoms with Crippen LogP contribution in [0.1, 0.15) is 29.2 Å². The number of halogens is 1. The third kappa shape index (κ3) is 7.09. The summed E-state index contributed by atoms with van der Waals surface area (Å²) in [7, 11) is 0. The summed E-state index contributed by atoms with van der Waals surface area (Å²) in [5.41, 5.74) is 3.86. The normalized spacial score (nSPS) is 11.5. The second-order valence-electron chi connectivity index (χ2n) is 8.31. The van der Waals surface area contributed by atoms with Gasteiger partial charge < -0.3 is 15.0 Å². The van der Waals surface area contributed by atoms with Crippen LogP contribution in [0, 0.1) is 13.8 Å². The van der Waals surface area contributed by atoms with E-state index in [0.29, 0.717) is 23.7 Å². The molecule has 3 aromatic rings. The van der Waals surface area contributed by atoms with Gasteiger partial charge in [-0.25, -0.2) is 0 Å². The number of hydrogen-bond donors (Lipinski definition) is 1. The van der Waals surface area contributed by atoms with E-state index >= 15 is 0 Å². The fourth-order valence-corrected chi connectivity index (χ4v) is 3.84. The van der Waals surface area contributed by atoms with Crippen molar-refractivity contribution in [2.75, 3.05) is 13.2 Å². The van der Waals surface area contributed by atoms with E-state index in [4.69, 9.17) is 16.3 Å². The van der Waals surface area contributed by atoms with Gasteiger partial charge in [0.05, 0.1) is 0 Å². The third-order valence-corrected chi connectivity index (χ3v) is 5.84. The van der Waals surface area contributed by atoms with Gasteiger partial charge in [0.2, 0.25) is 5.91 Å². The van der Waals surface area contributed by atoms with Crippen molar-refractivity contribution in [1.82, 2.24) is 10.2 Å².